The zero-order valence-electron chi connectivity index (χ0n) is 17.8. The van der Waals surface area contributed by atoms with Crippen LogP contribution in [0.3, 0.4) is 0 Å². The molecule has 0 aliphatic heterocycles. The number of nitrogens with zero attached hydrogens (tertiary/aromatic N) is 3. The van der Waals surface area contributed by atoms with Crippen LogP contribution in [0, 0.1) is 12.3 Å². The van der Waals surface area contributed by atoms with Gasteiger partial charge in [-0.15, -0.1) is 17.8 Å². The highest BCUT2D eigenvalue weighted by Gasteiger charge is 2.23. The molecular weight excluding hydrogens is 432 g/mol. The molecule has 0 aliphatic rings. The topological polar surface area (TPSA) is 81.3 Å². The van der Waals surface area contributed by atoms with Gasteiger partial charge in [0.2, 0.25) is 0 Å². The molecule has 0 unspecified atom stereocenters. The minimum Gasteiger partial charge on any atom is -0.397 e. The minimum atomic E-state index is -0.182. The Balaban J connectivity index is 1.64. The lowest BCUT2D eigenvalue weighted by atomic mass is 10.1. The molecular formula is C26H22N4O2S. The Morgan fingerprint density at radius 3 is 2.76 bits per heavy atom. The maximum Gasteiger partial charge on any atom is 0.270 e. The van der Waals surface area contributed by atoms with Crippen molar-refractivity contribution in [3.63, 3.8) is 0 Å². The van der Waals surface area contributed by atoms with Gasteiger partial charge in [-0.3, -0.25) is 9.78 Å². The third-order valence-corrected chi connectivity index (χ3v) is 6.02. The summed E-state index contributed by atoms with van der Waals surface area (Å²) in [5, 5.41) is 0.766. The smallest absolute Gasteiger partial charge is 0.270 e. The fourth-order valence-corrected chi connectivity index (χ4v) is 4.34. The normalized spacial score (nSPS) is 11.0. The summed E-state index contributed by atoms with van der Waals surface area (Å²) >= 11 is 1.30. The lowest BCUT2D eigenvalue weighted by molar-refractivity contribution is 0.0994. The van der Waals surface area contributed by atoms with Crippen molar-refractivity contribution in [1.29, 1.82) is 0 Å². The largest absolute Gasteiger partial charge is 0.397 e. The van der Waals surface area contributed by atoms with Crippen LogP contribution < -0.4 is 10.6 Å². The van der Waals surface area contributed by atoms with Gasteiger partial charge in [-0.2, -0.15) is 0 Å². The first-order valence-corrected chi connectivity index (χ1v) is 11.1. The van der Waals surface area contributed by atoms with Crippen LogP contribution in [-0.4, -0.2) is 35.6 Å². The maximum absolute atomic E-state index is 13.6. The number of thiophene rings is 1. The average Bonchev–Trinajstić information content (AvgIpc) is 3.20. The number of benzene rings is 1. The third kappa shape index (κ3) is 5.09. The molecule has 0 saturated carbocycles. The molecule has 0 radical (unpaired) electrons. The van der Waals surface area contributed by atoms with Gasteiger partial charge in [-0.05, 0) is 36.4 Å². The summed E-state index contributed by atoms with van der Waals surface area (Å²) in [7, 11) is 0. The van der Waals surface area contributed by atoms with Crippen molar-refractivity contribution in [3.05, 3.63) is 84.0 Å². The van der Waals surface area contributed by atoms with Crippen LogP contribution in [0.2, 0.25) is 0 Å². The van der Waals surface area contributed by atoms with E-state index in [0.29, 0.717) is 28.5 Å². The van der Waals surface area contributed by atoms with E-state index in [1.165, 1.54) is 11.3 Å². The van der Waals surface area contributed by atoms with Gasteiger partial charge in [0, 0.05) is 35.6 Å². The Bertz CT molecular complexity index is 1310. The number of fused-ring (bicyclic) bond motifs is 1. The molecule has 6 nitrogen and oxygen atoms in total. The zero-order valence-corrected chi connectivity index (χ0v) is 18.7. The van der Waals surface area contributed by atoms with Gasteiger partial charge in [-0.25, -0.2) is 4.98 Å². The number of nitrogens with two attached hydrogens (primary N) is 1. The lowest BCUT2D eigenvalue weighted by Gasteiger charge is -2.21. The SMILES string of the molecule is C#CCOC/C=C\CN(C(=O)c1sc2nc(-c3cccnc3)ccc2c1N)c1ccccc1. The number of aromatic nitrogens is 2. The summed E-state index contributed by atoms with van der Waals surface area (Å²) in [6.07, 6.45) is 12.4. The highest BCUT2D eigenvalue weighted by molar-refractivity contribution is 7.21. The van der Waals surface area contributed by atoms with E-state index in [1.54, 1.807) is 17.3 Å². The standard InChI is InChI=1S/C26H22N4O2S/c1-2-16-32-17-7-6-15-30(20-10-4-3-5-11-20)26(31)24-23(27)21-12-13-22(29-25(21)33-24)19-9-8-14-28-18-19/h1,3-14,18H,15-17,27H2/b7-6-. The summed E-state index contributed by atoms with van der Waals surface area (Å²) in [5.41, 5.74) is 9.31. The molecule has 0 spiro atoms. The van der Waals surface area contributed by atoms with Crippen molar-refractivity contribution in [2.45, 2.75) is 0 Å². The number of anilines is 2. The first-order chi connectivity index (χ1) is 16.2. The van der Waals surface area contributed by atoms with E-state index in [0.717, 1.165) is 22.3 Å². The number of carbonyl (C=O) groups excluding carboxylic acids is 1. The Labute approximate surface area is 196 Å². The monoisotopic (exact) mass is 454 g/mol. The molecule has 0 saturated heterocycles. The van der Waals surface area contributed by atoms with Gasteiger partial charge in [-0.1, -0.05) is 36.3 Å². The van der Waals surface area contributed by atoms with E-state index < -0.39 is 0 Å². The lowest BCUT2D eigenvalue weighted by Crippen LogP contribution is -2.31. The molecule has 7 heteroatoms. The van der Waals surface area contributed by atoms with E-state index in [-0.39, 0.29) is 12.5 Å². The Kier molecular flexibility index (Phi) is 7.10. The first-order valence-electron chi connectivity index (χ1n) is 10.3. The minimum absolute atomic E-state index is 0.182. The van der Waals surface area contributed by atoms with Crippen molar-refractivity contribution in [2.24, 2.45) is 0 Å². The number of terminal acetylenes is 1. The summed E-state index contributed by atoms with van der Waals surface area (Å²) in [6.45, 7) is 0.995. The molecule has 1 aromatic carbocycles. The second kappa shape index (κ2) is 10.6. The number of nitrogen functional groups attached to an aromatic ring is 1. The highest BCUT2D eigenvalue weighted by Crippen LogP contribution is 2.35. The van der Waals surface area contributed by atoms with Gasteiger partial charge in [0.25, 0.3) is 5.91 Å². The summed E-state index contributed by atoms with van der Waals surface area (Å²) in [6, 6.07) is 17.1. The van der Waals surface area contributed by atoms with Crippen molar-refractivity contribution >= 4 is 38.8 Å². The second-order valence-electron chi connectivity index (χ2n) is 7.08. The maximum atomic E-state index is 13.6. The van der Waals surface area contributed by atoms with Crippen LogP contribution in [0.4, 0.5) is 11.4 Å². The van der Waals surface area contributed by atoms with E-state index in [9.17, 15) is 4.79 Å². The molecule has 2 N–H and O–H groups in total. The Hall–Kier alpha value is -3.99. The fourth-order valence-electron chi connectivity index (χ4n) is 3.30. The van der Waals surface area contributed by atoms with Gasteiger partial charge in [0.05, 0.1) is 18.0 Å². The Morgan fingerprint density at radius 1 is 1.15 bits per heavy atom. The number of hydrogen-bond acceptors (Lipinski definition) is 6. The predicted molar refractivity (Wildman–Crippen MR) is 134 cm³/mol. The summed E-state index contributed by atoms with van der Waals surface area (Å²) < 4.78 is 5.27. The second-order valence-corrected chi connectivity index (χ2v) is 8.08. The van der Waals surface area contributed by atoms with Crippen LogP contribution in [0.1, 0.15) is 9.67 Å². The number of hydrogen-bond donors (Lipinski definition) is 1. The number of amides is 1. The molecule has 4 aromatic rings. The molecule has 4 rings (SSSR count). The van der Waals surface area contributed by atoms with Crippen LogP contribution in [0.15, 0.2) is 79.1 Å². The predicted octanol–water partition coefficient (Wildman–Crippen LogP) is 4.79. The zero-order chi connectivity index (χ0) is 23.0. The van der Waals surface area contributed by atoms with Crippen LogP contribution in [-0.2, 0) is 4.74 Å². The number of para-hydroxylation sites is 1. The highest BCUT2D eigenvalue weighted by atomic mass is 32.1. The van der Waals surface area contributed by atoms with Crippen molar-refractivity contribution in [2.75, 3.05) is 30.4 Å². The quantitative estimate of drug-likeness (QED) is 0.235. The van der Waals surface area contributed by atoms with Crippen molar-refractivity contribution < 1.29 is 9.53 Å². The molecule has 0 aliphatic carbocycles. The average molecular weight is 455 g/mol. The molecule has 0 atom stereocenters. The van der Waals surface area contributed by atoms with Gasteiger partial charge in [0.1, 0.15) is 16.3 Å². The van der Waals surface area contributed by atoms with Gasteiger partial charge < -0.3 is 15.4 Å². The molecule has 3 aromatic heterocycles. The fraction of sp³-hybridized carbons (Fsp3) is 0.115. The van der Waals surface area contributed by atoms with Crippen LogP contribution in [0.25, 0.3) is 21.5 Å². The summed E-state index contributed by atoms with van der Waals surface area (Å²) in [5.74, 6) is 2.24. The van der Waals surface area contributed by atoms with E-state index in [4.69, 9.17) is 21.9 Å². The molecule has 0 bridgehead atoms. The van der Waals surface area contributed by atoms with E-state index >= 15 is 0 Å². The van der Waals surface area contributed by atoms with E-state index in [2.05, 4.69) is 10.9 Å². The Morgan fingerprint density at radius 2 is 2.00 bits per heavy atom. The molecule has 33 heavy (non-hydrogen) atoms. The number of carbonyl (C=O) groups is 1. The molecule has 164 valence electrons. The third-order valence-electron chi connectivity index (χ3n) is 4.91. The van der Waals surface area contributed by atoms with Crippen molar-refractivity contribution in [1.82, 2.24) is 9.97 Å². The van der Waals surface area contributed by atoms with E-state index in [1.807, 2.05) is 66.7 Å². The number of ether oxygens (including phenoxy) is 1. The van der Waals surface area contributed by atoms with Gasteiger partial charge in [0.15, 0.2) is 0 Å². The van der Waals surface area contributed by atoms with Crippen molar-refractivity contribution in [3.8, 4) is 23.6 Å². The van der Waals surface area contributed by atoms with Crippen LogP contribution in [0.5, 0.6) is 0 Å². The number of pyridine rings is 2. The van der Waals surface area contributed by atoms with Gasteiger partial charge >= 0.3 is 0 Å². The van der Waals surface area contributed by atoms with Crippen LogP contribution >= 0.6 is 11.3 Å². The number of rotatable bonds is 8. The molecule has 1 amide bonds. The first kappa shape index (κ1) is 22.2. The summed E-state index contributed by atoms with van der Waals surface area (Å²) in [4.78, 5) is 25.3. The molecule has 3 heterocycles. The molecule has 0 fully saturated rings.